The Labute approximate surface area is 70.3 Å². The summed E-state index contributed by atoms with van der Waals surface area (Å²) in [7, 11) is 0. The lowest BCUT2D eigenvalue weighted by Crippen LogP contribution is -2.04. The first kappa shape index (κ1) is 7.39. The van der Waals surface area contributed by atoms with Crippen LogP contribution in [-0.2, 0) is 0 Å². The fourth-order valence-electron chi connectivity index (χ4n) is 1.33. The van der Waals surface area contributed by atoms with Crippen LogP contribution in [-0.4, -0.2) is 16.2 Å². The SMILES string of the molecule is CCC1CC1Nc1nnc(N)o1. The van der Waals surface area contributed by atoms with Gasteiger partial charge in [-0.1, -0.05) is 23.5 Å². The molecule has 0 aromatic carbocycles. The summed E-state index contributed by atoms with van der Waals surface area (Å²) in [6.45, 7) is 2.18. The standard InChI is InChI=1S/C7H12N4O/c1-2-4-3-5(4)9-7-11-10-6(8)12-7/h4-5H,2-3H2,1H3,(H2,8,10)(H,9,11). The van der Waals surface area contributed by atoms with Crippen LogP contribution in [0, 0.1) is 5.92 Å². The fraction of sp³-hybridized carbons (Fsp3) is 0.714. The number of nitrogen functional groups attached to an aromatic ring is 1. The Morgan fingerprint density at radius 2 is 2.50 bits per heavy atom. The molecule has 1 fully saturated rings. The average Bonchev–Trinajstić information content (AvgIpc) is 2.67. The Hall–Kier alpha value is -1.26. The van der Waals surface area contributed by atoms with Crippen molar-refractivity contribution in [3.63, 3.8) is 0 Å². The van der Waals surface area contributed by atoms with E-state index in [1.807, 2.05) is 0 Å². The monoisotopic (exact) mass is 168 g/mol. The lowest BCUT2D eigenvalue weighted by atomic mass is 10.3. The normalized spacial score (nSPS) is 27.1. The smallest absolute Gasteiger partial charge is 0.317 e. The summed E-state index contributed by atoms with van der Waals surface area (Å²) in [5.74, 6) is 0.762. The first-order valence-electron chi connectivity index (χ1n) is 4.15. The highest BCUT2D eigenvalue weighted by Crippen LogP contribution is 2.35. The van der Waals surface area contributed by atoms with Gasteiger partial charge in [-0.05, 0) is 12.3 Å². The van der Waals surface area contributed by atoms with Gasteiger partial charge in [0.2, 0.25) is 0 Å². The van der Waals surface area contributed by atoms with Gasteiger partial charge < -0.3 is 15.5 Å². The van der Waals surface area contributed by atoms with Gasteiger partial charge in [0.1, 0.15) is 0 Å². The van der Waals surface area contributed by atoms with Crippen LogP contribution >= 0.6 is 0 Å². The Bertz CT molecular complexity index is 272. The number of nitrogens with one attached hydrogen (secondary N) is 1. The topological polar surface area (TPSA) is 77.0 Å². The van der Waals surface area contributed by atoms with Gasteiger partial charge in [0.05, 0.1) is 0 Å². The first-order valence-corrected chi connectivity index (χ1v) is 4.15. The third-order valence-corrected chi connectivity index (χ3v) is 2.20. The number of aromatic nitrogens is 2. The third-order valence-electron chi connectivity index (χ3n) is 2.20. The number of hydrogen-bond acceptors (Lipinski definition) is 5. The molecule has 0 spiro atoms. The van der Waals surface area contributed by atoms with E-state index >= 15 is 0 Å². The Morgan fingerprint density at radius 1 is 1.67 bits per heavy atom. The number of nitrogens with zero attached hydrogens (tertiary/aromatic N) is 2. The summed E-state index contributed by atoms with van der Waals surface area (Å²) in [6, 6.07) is 1.06. The van der Waals surface area contributed by atoms with Gasteiger partial charge in [-0.15, -0.1) is 0 Å². The van der Waals surface area contributed by atoms with Gasteiger partial charge in [-0.3, -0.25) is 0 Å². The van der Waals surface area contributed by atoms with E-state index in [1.54, 1.807) is 0 Å². The van der Waals surface area contributed by atoms with Crippen molar-refractivity contribution in [1.82, 2.24) is 10.2 Å². The molecular weight excluding hydrogens is 156 g/mol. The molecule has 2 rings (SSSR count). The summed E-state index contributed by atoms with van der Waals surface area (Å²) in [4.78, 5) is 0. The van der Waals surface area contributed by atoms with E-state index in [4.69, 9.17) is 10.2 Å². The minimum absolute atomic E-state index is 0.117. The quantitative estimate of drug-likeness (QED) is 0.700. The maximum Gasteiger partial charge on any atom is 0.317 e. The molecule has 2 unspecified atom stereocenters. The second-order valence-electron chi connectivity index (χ2n) is 3.10. The number of nitrogens with two attached hydrogens (primary N) is 1. The molecule has 12 heavy (non-hydrogen) atoms. The van der Waals surface area contributed by atoms with Crippen molar-refractivity contribution in [3.05, 3.63) is 0 Å². The maximum atomic E-state index is 5.26. The van der Waals surface area contributed by atoms with E-state index in [1.165, 1.54) is 12.8 Å². The van der Waals surface area contributed by atoms with Gasteiger partial charge in [0.15, 0.2) is 0 Å². The predicted molar refractivity (Wildman–Crippen MR) is 44.5 cm³/mol. The number of hydrogen-bond donors (Lipinski definition) is 2. The largest absolute Gasteiger partial charge is 0.390 e. The molecule has 5 heteroatoms. The van der Waals surface area contributed by atoms with Crippen molar-refractivity contribution in [2.45, 2.75) is 25.8 Å². The lowest BCUT2D eigenvalue weighted by Gasteiger charge is -1.96. The van der Waals surface area contributed by atoms with Gasteiger partial charge in [0.25, 0.3) is 0 Å². The van der Waals surface area contributed by atoms with Gasteiger partial charge in [-0.2, -0.15) is 0 Å². The van der Waals surface area contributed by atoms with E-state index in [9.17, 15) is 0 Å². The average molecular weight is 168 g/mol. The second-order valence-corrected chi connectivity index (χ2v) is 3.10. The Kier molecular flexibility index (Phi) is 1.64. The van der Waals surface area contributed by atoms with Crippen molar-refractivity contribution >= 4 is 12.0 Å². The van der Waals surface area contributed by atoms with Gasteiger partial charge in [0, 0.05) is 6.04 Å². The molecule has 1 aliphatic carbocycles. The van der Waals surface area contributed by atoms with Crippen molar-refractivity contribution in [2.24, 2.45) is 5.92 Å². The summed E-state index contributed by atoms with van der Waals surface area (Å²) >= 11 is 0. The zero-order valence-electron chi connectivity index (χ0n) is 6.95. The molecule has 3 N–H and O–H groups in total. The van der Waals surface area contributed by atoms with Crippen LogP contribution in [0.4, 0.5) is 12.0 Å². The maximum absolute atomic E-state index is 5.26. The molecule has 1 heterocycles. The zero-order chi connectivity index (χ0) is 8.55. The molecule has 1 aliphatic rings. The predicted octanol–water partition coefficient (Wildman–Crippen LogP) is 0.862. The third kappa shape index (κ3) is 1.34. The minimum atomic E-state index is 0.117. The molecule has 2 atom stereocenters. The molecule has 0 amide bonds. The number of rotatable bonds is 3. The molecule has 0 aliphatic heterocycles. The fourth-order valence-corrected chi connectivity index (χ4v) is 1.33. The molecule has 66 valence electrons. The van der Waals surface area contributed by atoms with Crippen molar-refractivity contribution < 1.29 is 4.42 Å². The van der Waals surface area contributed by atoms with E-state index in [-0.39, 0.29) is 6.01 Å². The van der Waals surface area contributed by atoms with Crippen molar-refractivity contribution in [2.75, 3.05) is 11.1 Å². The summed E-state index contributed by atoms with van der Waals surface area (Å²) in [6.07, 6.45) is 2.39. The minimum Gasteiger partial charge on any atom is -0.390 e. The van der Waals surface area contributed by atoms with Crippen LogP contribution < -0.4 is 11.1 Å². The summed E-state index contributed by atoms with van der Waals surface area (Å²) in [5, 5.41) is 10.4. The summed E-state index contributed by atoms with van der Waals surface area (Å²) < 4.78 is 4.97. The van der Waals surface area contributed by atoms with E-state index in [0.717, 1.165) is 5.92 Å². The zero-order valence-corrected chi connectivity index (χ0v) is 6.95. The van der Waals surface area contributed by atoms with Gasteiger partial charge >= 0.3 is 12.0 Å². The lowest BCUT2D eigenvalue weighted by molar-refractivity contribution is 0.583. The molecule has 1 saturated carbocycles. The Morgan fingerprint density at radius 3 is 3.00 bits per heavy atom. The highest BCUT2D eigenvalue weighted by atomic mass is 16.4. The van der Waals surface area contributed by atoms with Crippen LogP contribution in [0.3, 0.4) is 0 Å². The van der Waals surface area contributed by atoms with Crippen LogP contribution in [0.25, 0.3) is 0 Å². The molecule has 0 radical (unpaired) electrons. The molecule has 1 aromatic rings. The molecule has 0 saturated heterocycles. The first-order chi connectivity index (χ1) is 5.79. The number of anilines is 2. The van der Waals surface area contributed by atoms with E-state index in [0.29, 0.717) is 12.1 Å². The van der Waals surface area contributed by atoms with E-state index < -0.39 is 0 Å². The Balaban J connectivity index is 1.89. The van der Waals surface area contributed by atoms with Crippen LogP contribution in [0.5, 0.6) is 0 Å². The molecular formula is C7H12N4O. The highest BCUT2D eigenvalue weighted by molar-refractivity contribution is 5.27. The van der Waals surface area contributed by atoms with E-state index in [2.05, 4.69) is 22.4 Å². The van der Waals surface area contributed by atoms with Crippen LogP contribution in [0.1, 0.15) is 19.8 Å². The van der Waals surface area contributed by atoms with Crippen molar-refractivity contribution in [1.29, 1.82) is 0 Å². The van der Waals surface area contributed by atoms with Crippen molar-refractivity contribution in [3.8, 4) is 0 Å². The molecule has 1 aromatic heterocycles. The van der Waals surface area contributed by atoms with Crippen LogP contribution in [0.15, 0.2) is 4.42 Å². The van der Waals surface area contributed by atoms with Crippen LogP contribution in [0.2, 0.25) is 0 Å². The second kappa shape index (κ2) is 2.66. The highest BCUT2D eigenvalue weighted by Gasteiger charge is 2.36. The summed E-state index contributed by atoms with van der Waals surface area (Å²) in [5.41, 5.74) is 5.26. The molecule has 0 bridgehead atoms. The van der Waals surface area contributed by atoms with Gasteiger partial charge in [-0.25, -0.2) is 0 Å². The molecule has 5 nitrogen and oxygen atoms in total.